The number of hydrogen-bond acceptors (Lipinski definition) is 6. The van der Waals surface area contributed by atoms with Crippen LogP contribution in [0.2, 0.25) is 0 Å². The first kappa shape index (κ1) is 27.5. The van der Waals surface area contributed by atoms with Gasteiger partial charge in [-0.05, 0) is 37.3 Å². The number of ether oxygens (including phenoxy) is 1. The molecule has 1 aliphatic carbocycles. The minimum atomic E-state index is -4.96. The first-order chi connectivity index (χ1) is 17.9. The van der Waals surface area contributed by atoms with Crippen molar-refractivity contribution in [1.82, 2.24) is 15.0 Å². The predicted octanol–water partition coefficient (Wildman–Crippen LogP) is 6.02. The van der Waals surface area contributed by atoms with Crippen LogP contribution in [0.5, 0.6) is 0 Å². The molecule has 2 aromatic heterocycles. The molecule has 0 radical (unpaired) electrons. The Bertz CT molecular complexity index is 1310. The van der Waals surface area contributed by atoms with Crippen molar-refractivity contribution in [3.8, 4) is 11.3 Å². The maximum absolute atomic E-state index is 14.0. The molecule has 1 saturated carbocycles. The second kappa shape index (κ2) is 10.7. The van der Waals surface area contributed by atoms with E-state index >= 15 is 0 Å². The average molecular weight is 545 g/mol. The van der Waals surface area contributed by atoms with Gasteiger partial charge in [0.25, 0.3) is 0 Å². The van der Waals surface area contributed by atoms with Crippen molar-refractivity contribution in [3.05, 3.63) is 35.7 Å². The Morgan fingerprint density at radius 2 is 1.84 bits per heavy atom. The molecule has 0 unspecified atom stereocenters. The molecule has 8 nitrogen and oxygen atoms in total. The number of hydrogen-bond donors (Lipinski definition) is 4. The average Bonchev–Trinajstić information content (AvgIpc) is 3.29. The standard InChI is InChI=1S/C24H26F6N6O2/c1-38-22(37)35-17-7-6-14-15(10-32-20(14)18(17)24(28,29)30)19-16(23(25,26)27)11-34-21(36-19)33-9-13-5-3-2-4-12(13)8-31/h6-7,10-13,32H,2-5,8-9,31H2,1H3,(H,35,37)(H,33,34,36)/t12-,13-/m1/s1. The summed E-state index contributed by atoms with van der Waals surface area (Å²) in [7, 11) is 0.984. The summed E-state index contributed by atoms with van der Waals surface area (Å²) >= 11 is 0. The van der Waals surface area contributed by atoms with Crippen molar-refractivity contribution in [3.63, 3.8) is 0 Å². The number of aromatic nitrogens is 3. The van der Waals surface area contributed by atoms with Gasteiger partial charge in [0.15, 0.2) is 0 Å². The number of carbonyl (C=O) groups excluding carboxylic acids is 1. The molecule has 1 aliphatic rings. The number of halogens is 6. The molecular formula is C24H26F6N6O2. The van der Waals surface area contributed by atoms with Crippen molar-refractivity contribution >= 4 is 28.6 Å². The SMILES string of the molecule is COC(=O)Nc1ccc2c(-c3nc(NC[C@H]4CCCC[C@@H]4CN)ncc3C(F)(F)F)c[nH]c2c1C(F)(F)F. The summed E-state index contributed by atoms with van der Waals surface area (Å²) in [5.74, 6) is 0.391. The monoisotopic (exact) mass is 544 g/mol. The van der Waals surface area contributed by atoms with Crippen LogP contribution in [0.25, 0.3) is 22.2 Å². The quantitative estimate of drug-likeness (QED) is 0.282. The first-order valence-electron chi connectivity index (χ1n) is 11.9. The molecule has 0 spiro atoms. The zero-order valence-corrected chi connectivity index (χ0v) is 20.3. The van der Waals surface area contributed by atoms with Gasteiger partial charge in [0, 0.05) is 29.9 Å². The summed E-state index contributed by atoms with van der Waals surface area (Å²) < 4.78 is 88.0. The van der Waals surface area contributed by atoms with Crippen LogP contribution < -0.4 is 16.4 Å². The molecule has 38 heavy (non-hydrogen) atoms. The van der Waals surface area contributed by atoms with Gasteiger partial charge in [-0.2, -0.15) is 26.3 Å². The van der Waals surface area contributed by atoms with Gasteiger partial charge in [-0.15, -0.1) is 0 Å². The van der Waals surface area contributed by atoms with Crippen LogP contribution in [0.4, 0.5) is 42.8 Å². The van der Waals surface area contributed by atoms with Crippen LogP contribution in [-0.2, 0) is 17.1 Å². The van der Waals surface area contributed by atoms with Gasteiger partial charge in [-0.1, -0.05) is 18.9 Å². The third-order valence-electron chi connectivity index (χ3n) is 6.80. The largest absolute Gasteiger partial charge is 0.453 e. The summed E-state index contributed by atoms with van der Waals surface area (Å²) in [6.45, 7) is 0.899. The van der Waals surface area contributed by atoms with E-state index < -0.39 is 46.5 Å². The number of alkyl halides is 6. The van der Waals surface area contributed by atoms with E-state index in [1.165, 1.54) is 6.07 Å². The maximum Gasteiger partial charge on any atom is 0.420 e. The fourth-order valence-corrected chi connectivity index (χ4v) is 4.92. The van der Waals surface area contributed by atoms with Gasteiger partial charge >= 0.3 is 18.4 Å². The highest BCUT2D eigenvalue weighted by atomic mass is 19.4. The van der Waals surface area contributed by atoms with Gasteiger partial charge < -0.3 is 20.8 Å². The van der Waals surface area contributed by atoms with Gasteiger partial charge in [-0.25, -0.2) is 14.8 Å². The molecule has 0 aliphatic heterocycles. The van der Waals surface area contributed by atoms with E-state index in [4.69, 9.17) is 5.73 Å². The summed E-state index contributed by atoms with van der Waals surface area (Å²) in [6.07, 6.45) is -5.37. The van der Waals surface area contributed by atoms with Crippen LogP contribution in [-0.4, -0.2) is 41.2 Å². The molecule has 0 bridgehead atoms. The lowest BCUT2D eigenvalue weighted by Crippen LogP contribution is -2.31. The molecule has 206 valence electrons. The Labute approximate surface area is 213 Å². The molecular weight excluding hydrogens is 518 g/mol. The van der Waals surface area contributed by atoms with Crippen molar-refractivity contribution in [2.75, 3.05) is 30.8 Å². The van der Waals surface area contributed by atoms with E-state index in [-0.39, 0.29) is 28.7 Å². The molecule has 2 heterocycles. The van der Waals surface area contributed by atoms with Crippen LogP contribution in [0.3, 0.4) is 0 Å². The molecule has 4 rings (SSSR count). The lowest BCUT2D eigenvalue weighted by Gasteiger charge is -2.30. The number of aromatic amines is 1. The topological polar surface area (TPSA) is 118 Å². The highest BCUT2D eigenvalue weighted by Crippen LogP contribution is 2.44. The fraction of sp³-hybridized carbons (Fsp3) is 0.458. The van der Waals surface area contributed by atoms with Crippen LogP contribution in [0, 0.1) is 11.8 Å². The summed E-state index contributed by atoms with van der Waals surface area (Å²) in [5.41, 5.74) is 1.47. The van der Waals surface area contributed by atoms with Crippen molar-refractivity contribution in [2.45, 2.75) is 38.0 Å². The molecule has 1 fully saturated rings. The Balaban J connectivity index is 1.78. The van der Waals surface area contributed by atoms with Gasteiger partial charge in [0.05, 0.1) is 24.0 Å². The Kier molecular flexibility index (Phi) is 7.72. The van der Waals surface area contributed by atoms with E-state index in [0.29, 0.717) is 19.3 Å². The van der Waals surface area contributed by atoms with Crippen LogP contribution in [0.15, 0.2) is 24.5 Å². The zero-order valence-electron chi connectivity index (χ0n) is 20.3. The summed E-state index contributed by atoms with van der Waals surface area (Å²) in [5, 5.41) is 4.80. The Hall–Kier alpha value is -3.55. The van der Waals surface area contributed by atoms with E-state index in [9.17, 15) is 31.1 Å². The van der Waals surface area contributed by atoms with E-state index in [1.54, 1.807) is 0 Å². The number of nitrogens with zero attached hydrogens (tertiary/aromatic N) is 2. The molecule has 5 N–H and O–H groups in total. The van der Waals surface area contributed by atoms with E-state index in [1.807, 2.05) is 5.32 Å². The van der Waals surface area contributed by atoms with E-state index in [2.05, 4.69) is 25.0 Å². The molecule has 3 aromatic rings. The second-order valence-electron chi connectivity index (χ2n) is 9.10. The third kappa shape index (κ3) is 5.64. The fourth-order valence-electron chi connectivity index (χ4n) is 4.92. The molecule has 2 atom stereocenters. The minimum Gasteiger partial charge on any atom is -0.453 e. The number of methoxy groups -OCH3 is 1. The number of benzene rings is 1. The van der Waals surface area contributed by atoms with E-state index in [0.717, 1.165) is 45.1 Å². The predicted molar refractivity (Wildman–Crippen MR) is 128 cm³/mol. The Morgan fingerprint density at radius 1 is 1.13 bits per heavy atom. The number of anilines is 2. The van der Waals surface area contributed by atoms with Crippen molar-refractivity contribution in [2.24, 2.45) is 17.6 Å². The second-order valence-corrected chi connectivity index (χ2v) is 9.10. The number of fused-ring (bicyclic) bond motifs is 1. The zero-order chi connectivity index (χ0) is 27.7. The van der Waals surface area contributed by atoms with Crippen molar-refractivity contribution < 1.29 is 35.9 Å². The van der Waals surface area contributed by atoms with Gasteiger partial charge in [0.1, 0.15) is 11.1 Å². The molecule has 14 heteroatoms. The molecule has 1 aromatic carbocycles. The van der Waals surface area contributed by atoms with Gasteiger partial charge in [-0.3, -0.25) is 5.32 Å². The van der Waals surface area contributed by atoms with Crippen LogP contribution in [0.1, 0.15) is 36.8 Å². The smallest absolute Gasteiger partial charge is 0.420 e. The highest BCUT2D eigenvalue weighted by Gasteiger charge is 2.39. The summed E-state index contributed by atoms with van der Waals surface area (Å²) in [4.78, 5) is 21.9. The summed E-state index contributed by atoms with van der Waals surface area (Å²) in [6, 6.07) is 2.12. The van der Waals surface area contributed by atoms with Crippen LogP contribution >= 0.6 is 0 Å². The lowest BCUT2D eigenvalue weighted by atomic mass is 9.79. The highest BCUT2D eigenvalue weighted by molar-refractivity contribution is 6.01. The number of nitrogens with two attached hydrogens (primary N) is 1. The molecule has 1 amide bonds. The third-order valence-corrected chi connectivity index (χ3v) is 6.80. The number of H-pyrrole nitrogens is 1. The number of rotatable bonds is 6. The minimum absolute atomic E-state index is 0.0799. The number of amides is 1. The maximum atomic E-state index is 14.0. The normalized spacial score (nSPS) is 18.4. The van der Waals surface area contributed by atoms with Gasteiger partial charge in [0.2, 0.25) is 5.95 Å². The number of carbonyl (C=O) groups is 1. The first-order valence-corrected chi connectivity index (χ1v) is 11.9. The Morgan fingerprint density at radius 3 is 2.47 bits per heavy atom. The molecule has 0 saturated heterocycles. The van der Waals surface area contributed by atoms with Crippen molar-refractivity contribution in [1.29, 1.82) is 0 Å². The number of nitrogens with one attached hydrogen (secondary N) is 3. The lowest BCUT2D eigenvalue weighted by molar-refractivity contribution is -0.137.